The number of nitrogens with zero attached hydrogens (tertiary/aromatic N) is 1. The number of aromatic amines is 1. The highest BCUT2D eigenvalue weighted by Crippen LogP contribution is 2.07. The summed E-state index contributed by atoms with van der Waals surface area (Å²) in [5, 5.41) is 3.47. The summed E-state index contributed by atoms with van der Waals surface area (Å²) in [6.45, 7) is 6.09. The average molecular weight is 221 g/mol. The Kier molecular flexibility index (Phi) is 4.90. The fourth-order valence-electron chi connectivity index (χ4n) is 2.29. The minimum atomic E-state index is 0.993. The molecule has 0 aromatic carbocycles. The van der Waals surface area contributed by atoms with Crippen LogP contribution in [0.15, 0.2) is 18.5 Å². The molecule has 90 valence electrons. The summed E-state index contributed by atoms with van der Waals surface area (Å²) < 4.78 is 0. The molecule has 2 N–H and O–H groups in total. The first kappa shape index (κ1) is 11.7. The van der Waals surface area contributed by atoms with Gasteiger partial charge in [-0.1, -0.05) is 0 Å². The standard InChI is InChI=1S/C13H23N3/c1(2-8-16-9-3-4-10-16)6-14-11-13-5-7-15-12-13/h5,7,12,14-15H,1-4,6,8-11H2. The van der Waals surface area contributed by atoms with E-state index in [0.29, 0.717) is 0 Å². The summed E-state index contributed by atoms with van der Waals surface area (Å²) >= 11 is 0. The Morgan fingerprint density at radius 2 is 2.12 bits per heavy atom. The van der Waals surface area contributed by atoms with Crippen LogP contribution in [0.1, 0.15) is 31.2 Å². The number of unbranched alkanes of at least 4 members (excludes halogenated alkanes) is 1. The van der Waals surface area contributed by atoms with Gasteiger partial charge in [-0.05, 0) is 63.5 Å². The number of aromatic nitrogens is 1. The van der Waals surface area contributed by atoms with Crippen molar-refractivity contribution in [1.29, 1.82) is 0 Å². The van der Waals surface area contributed by atoms with Crippen LogP contribution < -0.4 is 5.32 Å². The summed E-state index contributed by atoms with van der Waals surface area (Å²) in [6, 6.07) is 2.12. The Labute approximate surface area is 98.2 Å². The van der Waals surface area contributed by atoms with E-state index in [1.165, 1.54) is 50.9 Å². The summed E-state index contributed by atoms with van der Waals surface area (Å²) in [7, 11) is 0. The maximum atomic E-state index is 3.47. The highest BCUT2D eigenvalue weighted by atomic mass is 15.1. The Hall–Kier alpha value is -0.800. The van der Waals surface area contributed by atoms with Gasteiger partial charge in [0.25, 0.3) is 0 Å². The van der Waals surface area contributed by atoms with Gasteiger partial charge in [-0.15, -0.1) is 0 Å². The van der Waals surface area contributed by atoms with Crippen molar-refractivity contribution in [3.05, 3.63) is 24.0 Å². The van der Waals surface area contributed by atoms with E-state index in [-0.39, 0.29) is 0 Å². The first-order valence-electron chi connectivity index (χ1n) is 6.50. The summed E-state index contributed by atoms with van der Waals surface area (Å²) in [6.07, 6.45) is 9.47. The molecule has 1 aromatic rings. The quantitative estimate of drug-likeness (QED) is 0.690. The number of nitrogens with one attached hydrogen (secondary N) is 2. The summed E-state index contributed by atoms with van der Waals surface area (Å²) in [5.74, 6) is 0. The first-order valence-corrected chi connectivity index (χ1v) is 6.50. The molecule has 0 aliphatic carbocycles. The molecule has 1 aliphatic rings. The van der Waals surface area contributed by atoms with E-state index in [2.05, 4.69) is 27.5 Å². The van der Waals surface area contributed by atoms with Gasteiger partial charge in [-0.2, -0.15) is 0 Å². The van der Waals surface area contributed by atoms with Crippen LogP contribution in [0.2, 0.25) is 0 Å². The predicted molar refractivity (Wildman–Crippen MR) is 67.4 cm³/mol. The van der Waals surface area contributed by atoms with Crippen molar-refractivity contribution >= 4 is 0 Å². The van der Waals surface area contributed by atoms with Crippen molar-refractivity contribution in [2.24, 2.45) is 0 Å². The van der Waals surface area contributed by atoms with Crippen LogP contribution in [0.25, 0.3) is 0 Å². The van der Waals surface area contributed by atoms with E-state index >= 15 is 0 Å². The molecular weight excluding hydrogens is 198 g/mol. The Balaban J connectivity index is 1.43. The van der Waals surface area contributed by atoms with Crippen molar-refractivity contribution < 1.29 is 0 Å². The van der Waals surface area contributed by atoms with Crippen LogP contribution in [-0.4, -0.2) is 36.1 Å². The molecule has 1 saturated heterocycles. The number of rotatable bonds is 7. The molecule has 0 radical (unpaired) electrons. The van der Waals surface area contributed by atoms with Gasteiger partial charge in [0.15, 0.2) is 0 Å². The molecule has 1 fully saturated rings. The highest BCUT2D eigenvalue weighted by Gasteiger charge is 2.09. The minimum Gasteiger partial charge on any atom is -0.367 e. The Bertz CT molecular complexity index is 263. The topological polar surface area (TPSA) is 31.1 Å². The lowest BCUT2D eigenvalue weighted by molar-refractivity contribution is 0.329. The van der Waals surface area contributed by atoms with Crippen LogP contribution in [0.5, 0.6) is 0 Å². The lowest BCUT2D eigenvalue weighted by Crippen LogP contribution is -2.22. The Morgan fingerprint density at radius 1 is 1.25 bits per heavy atom. The second-order valence-electron chi connectivity index (χ2n) is 4.65. The van der Waals surface area contributed by atoms with Gasteiger partial charge in [0.1, 0.15) is 0 Å². The van der Waals surface area contributed by atoms with Crippen molar-refractivity contribution in [1.82, 2.24) is 15.2 Å². The van der Waals surface area contributed by atoms with Crippen LogP contribution in [-0.2, 0) is 6.54 Å². The molecule has 0 amide bonds. The molecular formula is C13H23N3. The third-order valence-corrected chi connectivity index (χ3v) is 3.27. The lowest BCUT2D eigenvalue weighted by atomic mass is 10.3. The molecule has 3 nitrogen and oxygen atoms in total. The van der Waals surface area contributed by atoms with Gasteiger partial charge in [0, 0.05) is 18.9 Å². The van der Waals surface area contributed by atoms with E-state index < -0.39 is 0 Å². The third-order valence-electron chi connectivity index (χ3n) is 3.27. The molecule has 1 aromatic heterocycles. The highest BCUT2D eigenvalue weighted by molar-refractivity contribution is 5.07. The van der Waals surface area contributed by atoms with E-state index in [1.807, 2.05) is 6.20 Å². The first-order chi connectivity index (χ1) is 7.95. The lowest BCUT2D eigenvalue weighted by Gasteiger charge is -2.13. The zero-order chi connectivity index (χ0) is 11.1. The normalized spacial score (nSPS) is 17.0. The van der Waals surface area contributed by atoms with Crippen molar-refractivity contribution in [3.8, 4) is 0 Å². The number of hydrogen-bond donors (Lipinski definition) is 2. The fourth-order valence-corrected chi connectivity index (χ4v) is 2.29. The molecule has 0 spiro atoms. The van der Waals surface area contributed by atoms with Crippen molar-refractivity contribution in [2.45, 2.75) is 32.2 Å². The number of likely N-dealkylation sites (tertiary alicyclic amines) is 1. The molecule has 3 heteroatoms. The van der Waals surface area contributed by atoms with E-state index in [1.54, 1.807) is 0 Å². The molecule has 16 heavy (non-hydrogen) atoms. The zero-order valence-electron chi connectivity index (χ0n) is 10.0. The molecule has 0 saturated carbocycles. The molecule has 2 rings (SSSR count). The van der Waals surface area contributed by atoms with E-state index in [0.717, 1.165) is 13.1 Å². The molecule has 0 atom stereocenters. The molecule has 1 aliphatic heterocycles. The minimum absolute atomic E-state index is 0.993. The zero-order valence-corrected chi connectivity index (χ0v) is 10.0. The molecule has 0 bridgehead atoms. The fraction of sp³-hybridized carbons (Fsp3) is 0.692. The van der Waals surface area contributed by atoms with Gasteiger partial charge >= 0.3 is 0 Å². The van der Waals surface area contributed by atoms with Gasteiger partial charge < -0.3 is 15.2 Å². The number of H-pyrrole nitrogens is 1. The largest absolute Gasteiger partial charge is 0.367 e. The van der Waals surface area contributed by atoms with Crippen LogP contribution in [0, 0.1) is 0 Å². The number of hydrogen-bond acceptors (Lipinski definition) is 2. The maximum Gasteiger partial charge on any atom is 0.0220 e. The maximum absolute atomic E-state index is 3.47. The second-order valence-corrected chi connectivity index (χ2v) is 4.65. The van der Waals surface area contributed by atoms with Crippen LogP contribution >= 0.6 is 0 Å². The van der Waals surface area contributed by atoms with E-state index in [4.69, 9.17) is 0 Å². The van der Waals surface area contributed by atoms with Gasteiger partial charge in [-0.25, -0.2) is 0 Å². The van der Waals surface area contributed by atoms with Crippen LogP contribution in [0.4, 0.5) is 0 Å². The molecule has 2 heterocycles. The third kappa shape index (κ3) is 3.99. The van der Waals surface area contributed by atoms with Crippen molar-refractivity contribution in [2.75, 3.05) is 26.2 Å². The SMILES string of the molecule is c1cc(CNCCCCN2CCCC2)c[nH]1. The summed E-state index contributed by atoms with van der Waals surface area (Å²) in [4.78, 5) is 5.66. The monoisotopic (exact) mass is 221 g/mol. The van der Waals surface area contributed by atoms with Gasteiger partial charge in [0.05, 0.1) is 0 Å². The summed E-state index contributed by atoms with van der Waals surface area (Å²) in [5.41, 5.74) is 1.35. The molecule has 0 unspecified atom stereocenters. The second kappa shape index (κ2) is 6.71. The van der Waals surface area contributed by atoms with Gasteiger partial charge in [0.2, 0.25) is 0 Å². The average Bonchev–Trinajstić information content (AvgIpc) is 2.96. The smallest absolute Gasteiger partial charge is 0.0220 e. The Morgan fingerprint density at radius 3 is 2.88 bits per heavy atom. The van der Waals surface area contributed by atoms with Crippen LogP contribution in [0.3, 0.4) is 0 Å². The van der Waals surface area contributed by atoms with E-state index in [9.17, 15) is 0 Å². The van der Waals surface area contributed by atoms with Crippen molar-refractivity contribution in [3.63, 3.8) is 0 Å². The predicted octanol–water partition coefficient (Wildman–Crippen LogP) is 1.98. The van der Waals surface area contributed by atoms with Gasteiger partial charge in [-0.3, -0.25) is 0 Å².